The summed E-state index contributed by atoms with van der Waals surface area (Å²) in [6.07, 6.45) is 7.09. The first-order valence-corrected chi connectivity index (χ1v) is 7.17. The van der Waals surface area contributed by atoms with Gasteiger partial charge in [-0.25, -0.2) is 9.97 Å². The molecule has 1 aliphatic rings. The molecule has 3 heterocycles. The number of hydrogen-bond acceptors (Lipinski definition) is 6. The molecule has 0 bridgehead atoms. The number of anilines is 1. The Morgan fingerprint density at radius 1 is 1.38 bits per heavy atom. The van der Waals surface area contributed by atoms with Crippen LogP contribution in [-0.4, -0.2) is 37.8 Å². The molecule has 0 aliphatic carbocycles. The van der Waals surface area contributed by atoms with E-state index in [1.165, 1.54) is 0 Å². The molecule has 1 aliphatic heterocycles. The van der Waals surface area contributed by atoms with Crippen molar-refractivity contribution in [3.63, 3.8) is 0 Å². The summed E-state index contributed by atoms with van der Waals surface area (Å²) in [7, 11) is 0. The standard InChI is InChI=1S/C14H17N7/c1-2-20-10-18-19-13(20)11-4-3-7-21(9-11)14-12(8-15)16-5-6-17-14/h5-6,10-11H,2-4,7,9H2,1H3. The Hall–Kier alpha value is -2.49. The average Bonchev–Trinajstić information content (AvgIpc) is 3.03. The van der Waals surface area contributed by atoms with E-state index in [1.807, 2.05) is 0 Å². The summed E-state index contributed by atoms with van der Waals surface area (Å²) in [6.45, 7) is 4.65. The van der Waals surface area contributed by atoms with E-state index in [1.54, 1.807) is 18.7 Å². The molecular formula is C14H17N7. The molecule has 108 valence electrons. The van der Waals surface area contributed by atoms with E-state index in [9.17, 15) is 5.26 Å². The molecular weight excluding hydrogens is 266 g/mol. The van der Waals surface area contributed by atoms with Gasteiger partial charge in [-0.3, -0.25) is 0 Å². The summed E-state index contributed by atoms with van der Waals surface area (Å²) in [4.78, 5) is 10.6. The van der Waals surface area contributed by atoms with Crippen LogP contribution in [0.2, 0.25) is 0 Å². The third-order valence-corrected chi connectivity index (χ3v) is 3.86. The summed E-state index contributed by atoms with van der Waals surface area (Å²) in [5, 5.41) is 17.5. The molecule has 0 aromatic carbocycles. The van der Waals surface area contributed by atoms with Gasteiger partial charge in [0.05, 0.1) is 0 Å². The first kappa shape index (κ1) is 13.5. The molecule has 0 spiro atoms. The molecule has 2 aromatic rings. The van der Waals surface area contributed by atoms with Gasteiger partial charge in [-0.2, -0.15) is 5.26 Å². The first-order valence-electron chi connectivity index (χ1n) is 7.17. The van der Waals surface area contributed by atoms with E-state index >= 15 is 0 Å². The van der Waals surface area contributed by atoms with Crippen LogP contribution in [0.25, 0.3) is 0 Å². The maximum absolute atomic E-state index is 9.18. The van der Waals surface area contributed by atoms with Crippen molar-refractivity contribution >= 4 is 5.82 Å². The second-order valence-corrected chi connectivity index (χ2v) is 5.10. The predicted molar refractivity (Wildman–Crippen MR) is 76.6 cm³/mol. The van der Waals surface area contributed by atoms with Crippen LogP contribution in [-0.2, 0) is 6.54 Å². The highest BCUT2D eigenvalue weighted by molar-refractivity contribution is 5.50. The zero-order valence-corrected chi connectivity index (χ0v) is 12.0. The van der Waals surface area contributed by atoms with Gasteiger partial charge in [0.25, 0.3) is 0 Å². The van der Waals surface area contributed by atoms with Crippen LogP contribution in [0.1, 0.15) is 37.2 Å². The van der Waals surface area contributed by atoms with Crippen LogP contribution in [0.15, 0.2) is 18.7 Å². The Kier molecular flexibility index (Phi) is 3.77. The summed E-state index contributed by atoms with van der Waals surface area (Å²) in [6, 6.07) is 2.12. The fraction of sp³-hybridized carbons (Fsp3) is 0.500. The Morgan fingerprint density at radius 3 is 3.05 bits per heavy atom. The summed E-state index contributed by atoms with van der Waals surface area (Å²) < 4.78 is 2.08. The molecule has 0 saturated carbocycles. The maximum atomic E-state index is 9.18. The van der Waals surface area contributed by atoms with E-state index in [-0.39, 0.29) is 0 Å². The molecule has 3 rings (SSSR count). The third-order valence-electron chi connectivity index (χ3n) is 3.86. The van der Waals surface area contributed by atoms with Crippen LogP contribution in [0.4, 0.5) is 5.82 Å². The van der Waals surface area contributed by atoms with E-state index in [2.05, 4.69) is 42.6 Å². The fourth-order valence-corrected chi connectivity index (χ4v) is 2.84. The number of piperidine rings is 1. The topological polar surface area (TPSA) is 83.5 Å². The number of hydrogen-bond donors (Lipinski definition) is 0. The van der Waals surface area contributed by atoms with Crippen molar-refractivity contribution in [1.82, 2.24) is 24.7 Å². The van der Waals surface area contributed by atoms with Crippen molar-refractivity contribution in [2.24, 2.45) is 0 Å². The van der Waals surface area contributed by atoms with Gasteiger partial charge >= 0.3 is 0 Å². The minimum absolute atomic E-state index is 0.315. The molecule has 0 amide bonds. The van der Waals surface area contributed by atoms with Gasteiger partial charge in [0.1, 0.15) is 18.2 Å². The lowest BCUT2D eigenvalue weighted by Gasteiger charge is -2.33. The van der Waals surface area contributed by atoms with Crippen molar-refractivity contribution in [3.8, 4) is 6.07 Å². The van der Waals surface area contributed by atoms with E-state index in [0.717, 1.165) is 38.3 Å². The molecule has 7 nitrogen and oxygen atoms in total. The van der Waals surface area contributed by atoms with Gasteiger partial charge in [0.2, 0.25) is 0 Å². The van der Waals surface area contributed by atoms with Gasteiger partial charge in [-0.15, -0.1) is 10.2 Å². The van der Waals surface area contributed by atoms with E-state index < -0.39 is 0 Å². The molecule has 1 fully saturated rings. The van der Waals surface area contributed by atoms with Crippen molar-refractivity contribution in [2.75, 3.05) is 18.0 Å². The van der Waals surface area contributed by atoms with Gasteiger partial charge in [-0.05, 0) is 19.8 Å². The minimum Gasteiger partial charge on any atom is -0.353 e. The number of nitriles is 1. The van der Waals surface area contributed by atoms with Gasteiger partial charge in [0.15, 0.2) is 11.5 Å². The Balaban J connectivity index is 1.85. The molecule has 0 N–H and O–H groups in total. The monoisotopic (exact) mass is 283 g/mol. The highest BCUT2D eigenvalue weighted by Gasteiger charge is 2.27. The van der Waals surface area contributed by atoms with Crippen molar-refractivity contribution < 1.29 is 0 Å². The summed E-state index contributed by atoms with van der Waals surface area (Å²) >= 11 is 0. The molecule has 1 unspecified atom stereocenters. The van der Waals surface area contributed by atoms with E-state index in [0.29, 0.717) is 17.4 Å². The highest BCUT2D eigenvalue weighted by atomic mass is 15.3. The summed E-state index contributed by atoms with van der Waals surface area (Å²) in [5.41, 5.74) is 0.384. The zero-order valence-electron chi connectivity index (χ0n) is 12.0. The number of nitrogens with zero attached hydrogens (tertiary/aromatic N) is 7. The molecule has 7 heteroatoms. The lowest BCUT2D eigenvalue weighted by molar-refractivity contribution is 0.470. The van der Waals surface area contributed by atoms with Gasteiger partial charge in [-0.1, -0.05) is 0 Å². The fourth-order valence-electron chi connectivity index (χ4n) is 2.84. The lowest BCUT2D eigenvalue weighted by Crippen LogP contribution is -2.36. The van der Waals surface area contributed by atoms with Crippen LogP contribution in [0.3, 0.4) is 0 Å². The molecule has 0 radical (unpaired) electrons. The second kappa shape index (κ2) is 5.87. The highest BCUT2D eigenvalue weighted by Crippen LogP contribution is 2.28. The Bertz CT molecular complexity index is 657. The van der Waals surface area contributed by atoms with Crippen molar-refractivity contribution in [2.45, 2.75) is 32.2 Å². The summed E-state index contributed by atoms with van der Waals surface area (Å²) in [5.74, 6) is 2.01. The molecule has 1 saturated heterocycles. The largest absolute Gasteiger partial charge is 0.353 e. The van der Waals surface area contributed by atoms with Crippen LogP contribution >= 0.6 is 0 Å². The quantitative estimate of drug-likeness (QED) is 0.845. The van der Waals surface area contributed by atoms with Crippen LogP contribution < -0.4 is 4.90 Å². The third kappa shape index (κ3) is 2.57. The Morgan fingerprint density at radius 2 is 2.24 bits per heavy atom. The van der Waals surface area contributed by atoms with Crippen molar-refractivity contribution in [3.05, 3.63) is 30.2 Å². The SMILES string of the molecule is CCn1cnnc1C1CCCN(c2nccnc2C#N)C1. The number of rotatable bonds is 3. The molecule has 2 aromatic heterocycles. The second-order valence-electron chi connectivity index (χ2n) is 5.10. The van der Waals surface area contributed by atoms with Crippen LogP contribution in [0.5, 0.6) is 0 Å². The van der Waals surface area contributed by atoms with Gasteiger partial charge in [0, 0.05) is 37.9 Å². The smallest absolute Gasteiger partial charge is 0.183 e. The average molecular weight is 283 g/mol. The van der Waals surface area contributed by atoms with Crippen LogP contribution in [0, 0.1) is 11.3 Å². The number of aromatic nitrogens is 5. The number of aryl methyl sites for hydroxylation is 1. The van der Waals surface area contributed by atoms with Crippen molar-refractivity contribution in [1.29, 1.82) is 5.26 Å². The lowest BCUT2D eigenvalue weighted by atomic mass is 9.97. The molecule has 21 heavy (non-hydrogen) atoms. The normalized spacial score (nSPS) is 18.5. The zero-order chi connectivity index (χ0) is 14.7. The van der Waals surface area contributed by atoms with E-state index in [4.69, 9.17) is 0 Å². The Labute approximate surface area is 123 Å². The predicted octanol–water partition coefficient (Wildman–Crippen LogP) is 1.34. The van der Waals surface area contributed by atoms with Gasteiger partial charge < -0.3 is 9.47 Å². The first-order chi connectivity index (χ1) is 10.3. The molecule has 1 atom stereocenters. The minimum atomic E-state index is 0.315. The maximum Gasteiger partial charge on any atom is 0.183 e.